The van der Waals surface area contributed by atoms with Crippen LogP contribution in [0.4, 0.5) is 5.69 Å². The van der Waals surface area contributed by atoms with Crippen molar-refractivity contribution in [3.63, 3.8) is 0 Å². The van der Waals surface area contributed by atoms with Crippen LogP contribution in [-0.4, -0.2) is 27.4 Å². The number of ether oxygens (including phenoxy) is 1. The number of para-hydroxylation sites is 1. The van der Waals surface area contributed by atoms with E-state index in [1.54, 1.807) is 12.3 Å². The Kier molecular flexibility index (Phi) is 3.48. The highest BCUT2D eigenvalue weighted by atomic mass is 35.5. The van der Waals surface area contributed by atoms with Gasteiger partial charge in [-0.25, -0.2) is 0 Å². The highest BCUT2D eigenvalue weighted by Crippen LogP contribution is 2.46. The highest BCUT2D eigenvalue weighted by molar-refractivity contribution is 6.33. The van der Waals surface area contributed by atoms with Gasteiger partial charge in [-0.2, -0.15) is 5.10 Å². The Morgan fingerprint density at radius 3 is 2.81 bits per heavy atom. The fourth-order valence-corrected chi connectivity index (χ4v) is 3.97. The Bertz CT molecular complexity index is 1190. The number of halogens is 1. The van der Waals surface area contributed by atoms with Crippen LogP contribution in [-0.2, 0) is 0 Å². The summed E-state index contributed by atoms with van der Waals surface area (Å²) in [5, 5.41) is 23.6. The summed E-state index contributed by atoms with van der Waals surface area (Å²) in [6.07, 6.45) is 3.68. The maximum Gasteiger partial charge on any atom is 0.177 e. The van der Waals surface area contributed by atoms with Crippen molar-refractivity contribution in [2.75, 3.05) is 12.4 Å². The van der Waals surface area contributed by atoms with E-state index < -0.39 is 0 Å². The second-order valence-electron chi connectivity index (χ2n) is 6.37. The van der Waals surface area contributed by atoms with Crippen LogP contribution in [0.15, 0.2) is 48.8 Å². The van der Waals surface area contributed by atoms with Crippen molar-refractivity contribution in [3.05, 3.63) is 64.9 Å². The molecule has 1 aliphatic heterocycles. The second-order valence-corrected chi connectivity index (χ2v) is 6.75. The van der Waals surface area contributed by atoms with E-state index in [1.165, 1.54) is 7.11 Å². The van der Waals surface area contributed by atoms with Crippen LogP contribution in [0.2, 0.25) is 5.02 Å². The lowest BCUT2D eigenvalue weighted by atomic mass is 9.97. The SMILES string of the molecule is COc1ccc(C2Nc3ccccc3-c3cnnc4[nH]cc2c34)c(Cl)c1O. The number of H-pyrrole nitrogens is 1. The topological polar surface area (TPSA) is 83.1 Å². The normalized spacial score (nSPS) is 15.1. The molecule has 6 nitrogen and oxygen atoms in total. The van der Waals surface area contributed by atoms with Crippen molar-refractivity contribution >= 4 is 28.3 Å². The van der Waals surface area contributed by atoms with Gasteiger partial charge in [0.1, 0.15) is 0 Å². The first-order chi connectivity index (χ1) is 13.2. The van der Waals surface area contributed by atoms with Crippen LogP contribution >= 0.6 is 11.6 Å². The summed E-state index contributed by atoms with van der Waals surface area (Å²) in [6, 6.07) is 11.3. The number of hydrogen-bond donors (Lipinski definition) is 3. The molecule has 5 rings (SSSR count). The number of nitrogens with zero attached hydrogens (tertiary/aromatic N) is 2. The van der Waals surface area contributed by atoms with Gasteiger partial charge in [0, 0.05) is 39.5 Å². The van der Waals surface area contributed by atoms with Crippen LogP contribution in [0.25, 0.3) is 22.2 Å². The average Bonchev–Trinajstić information content (AvgIpc) is 3.07. The number of methoxy groups -OCH3 is 1. The Morgan fingerprint density at radius 1 is 1.11 bits per heavy atom. The average molecular weight is 379 g/mol. The number of aromatic nitrogens is 3. The third-order valence-electron chi connectivity index (χ3n) is 4.97. The minimum Gasteiger partial charge on any atom is -0.503 e. The Morgan fingerprint density at radius 2 is 1.96 bits per heavy atom. The summed E-state index contributed by atoms with van der Waals surface area (Å²) in [5.41, 5.74) is 5.43. The fourth-order valence-electron chi connectivity index (χ4n) is 3.70. The number of hydrogen-bond acceptors (Lipinski definition) is 5. The van der Waals surface area contributed by atoms with Crippen LogP contribution in [0.1, 0.15) is 17.2 Å². The van der Waals surface area contributed by atoms with Gasteiger partial charge in [0.2, 0.25) is 0 Å². The quantitative estimate of drug-likeness (QED) is 0.478. The molecule has 3 N–H and O–H groups in total. The lowest BCUT2D eigenvalue weighted by molar-refractivity contribution is 0.373. The molecule has 2 aromatic carbocycles. The molecule has 4 aromatic rings. The minimum absolute atomic E-state index is 0.0733. The van der Waals surface area contributed by atoms with Crippen molar-refractivity contribution in [1.82, 2.24) is 15.2 Å². The van der Waals surface area contributed by atoms with E-state index >= 15 is 0 Å². The van der Waals surface area contributed by atoms with Gasteiger partial charge in [-0.05, 0) is 12.1 Å². The first-order valence-corrected chi connectivity index (χ1v) is 8.80. The lowest BCUT2D eigenvalue weighted by Crippen LogP contribution is -2.12. The van der Waals surface area contributed by atoms with E-state index in [0.717, 1.165) is 33.3 Å². The lowest BCUT2D eigenvalue weighted by Gasteiger charge is -2.21. The van der Waals surface area contributed by atoms with Crippen LogP contribution in [0.3, 0.4) is 0 Å². The molecule has 2 aromatic heterocycles. The minimum atomic E-state index is -0.283. The first-order valence-electron chi connectivity index (χ1n) is 8.43. The van der Waals surface area contributed by atoms with Crippen LogP contribution in [0.5, 0.6) is 11.5 Å². The number of aromatic amines is 1. The number of anilines is 1. The molecule has 27 heavy (non-hydrogen) atoms. The van der Waals surface area contributed by atoms with Crippen LogP contribution in [0, 0.1) is 0 Å². The van der Waals surface area contributed by atoms with Crippen molar-refractivity contribution in [3.8, 4) is 22.6 Å². The van der Waals surface area contributed by atoms with Crippen molar-refractivity contribution in [1.29, 1.82) is 0 Å². The standard InChI is InChI=1S/C20H15ClN4O2/c1-27-15-7-6-11(17(21)19(15)26)18-13-8-22-20-16(13)12(9-23-25-20)10-4-2-3-5-14(10)24-18/h2-9,18,24,26H,1H3,(H,22,25). The monoisotopic (exact) mass is 378 g/mol. The van der Waals surface area contributed by atoms with Gasteiger partial charge in [0.25, 0.3) is 0 Å². The van der Waals surface area contributed by atoms with Crippen molar-refractivity contribution < 1.29 is 9.84 Å². The first kappa shape index (κ1) is 16.0. The van der Waals surface area contributed by atoms with Crippen molar-refractivity contribution in [2.24, 2.45) is 0 Å². The molecule has 1 aliphatic rings. The highest BCUT2D eigenvalue weighted by Gasteiger charge is 2.28. The van der Waals surface area contributed by atoms with Crippen molar-refractivity contribution in [2.45, 2.75) is 6.04 Å². The van der Waals surface area contributed by atoms with Gasteiger partial charge in [-0.15, -0.1) is 5.10 Å². The molecule has 0 saturated carbocycles. The molecular formula is C20H15ClN4O2. The summed E-state index contributed by atoms with van der Waals surface area (Å²) in [4.78, 5) is 3.19. The zero-order chi connectivity index (χ0) is 18.5. The summed E-state index contributed by atoms with van der Waals surface area (Å²) >= 11 is 6.51. The summed E-state index contributed by atoms with van der Waals surface area (Å²) in [5.74, 6) is 0.263. The van der Waals surface area contributed by atoms with Crippen LogP contribution < -0.4 is 10.1 Å². The van der Waals surface area contributed by atoms with E-state index in [9.17, 15) is 5.11 Å². The Balaban J connectivity index is 1.81. The predicted octanol–water partition coefficient (Wildman–Crippen LogP) is 4.51. The van der Waals surface area contributed by atoms with Gasteiger partial charge in [-0.1, -0.05) is 35.9 Å². The molecule has 3 heterocycles. The number of phenols is 1. The Hall–Kier alpha value is -3.25. The summed E-state index contributed by atoms with van der Waals surface area (Å²) in [7, 11) is 1.50. The van der Waals surface area contributed by atoms with Gasteiger partial charge in [0.15, 0.2) is 17.1 Å². The number of rotatable bonds is 2. The number of benzene rings is 2. The number of nitrogens with one attached hydrogen (secondary N) is 2. The molecule has 0 amide bonds. The molecule has 0 saturated heterocycles. The molecule has 0 spiro atoms. The van der Waals surface area contributed by atoms with E-state index in [4.69, 9.17) is 16.3 Å². The largest absolute Gasteiger partial charge is 0.503 e. The molecule has 0 fully saturated rings. The van der Waals surface area contributed by atoms with E-state index in [0.29, 0.717) is 11.4 Å². The molecule has 0 bridgehead atoms. The fraction of sp³-hybridized carbons (Fsp3) is 0.100. The Labute approximate surface area is 159 Å². The zero-order valence-corrected chi connectivity index (χ0v) is 15.1. The third-order valence-corrected chi connectivity index (χ3v) is 5.37. The smallest absolute Gasteiger partial charge is 0.177 e. The second kappa shape index (κ2) is 5.89. The molecule has 1 atom stereocenters. The van der Waals surface area contributed by atoms with Gasteiger partial charge in [-0.3, -0.25) is 0 Å². The number of phenolic OH excluding ortho intramolecular Hbond substituents is 1. The van der Waals surface area contributed by atoms with E-state index in [-0.39, 0.29) is 16.8 Å². The third kappa shape index (κ3) is 2.27. The van der Waals surface area contributed by atoms with Gasteiger partial charge >= 0.3 is 0 Å². The molecular weight excluding hydrogens is 364 g/mol. The molecule has 0 aliphatic carbocycles. The van der Waals surface area contributed by atoms with E-state index in [1.807, 2.05) is 36.5 Å². The molecule has 7 heteroatoms. The number of fused-ring (bicyclic) bond motifs is 2. The molecule has 134 valence electrons. The van der Waals surface area contributed by atoms with Gasteiger partial charge in [0.05, 0.1) is 24.4 Å². The molecule has 0 radical (unpaired) electrons. The summed E-state index contributed by atoms with van der Waals surface area (Å²) in [6.45, 7) is 0. The maximum absolute atomic E-state index is 10.4. The summed E-state index contributed by atoms with van der Waals surface area (Å²) < 4.78 is 5.17. The number of aromatic hydroxyl groups is 1. The van der Waals surface area contributed by atoms with Gasteiger partial charge < -0.3 is 20.1 Å². The predicted molar refractivity (Wildman–Crippen MR) is 104 cm³/mol. The maximum atomic E-state index is 10.4. The zero-order valence-electron chi connectivity index (χ0n) is 14.3. The molecule has 1 unspecified atom stereocenters. The van der Waals surface area contributed by atoms with E-state index in [2.05, 4.69) is 20.5 Å².